The van der Waals surface area contributed by atoms with Crippen LogP contribution in [-0.2, 0) is 13.2 Å². The minimum atomic E-state index is 0.265. The van der Waals surface area contributed by atoms with Crippen LogP contribution in [0.3, 0.4) is 0 Å². The van der Waals surface area contributed by atoms with Gasteiger partial charge in [0.05, 0.1) is 16.7 Å². The molecule has 0 radical (unpaired) electrons. The molecule has 0 saturated heterocycles. The minimum Gasteiger partial charge on any atom is -0.490 e. The molecular weight excluding hydrogens is 385 g/mol. The highest BCUT2D eigenvalue weighted by Crippen LogP contribution is 2.30. The monoisotopic (exact) mass is 411 g/mol. The van der Waals surface area contributed by atoms with Gasteiger partial charge in [0.1, 0.15) is 6.61 Å². The summed E-state index contributed by atoms with van der Waals surface area (Å²) in [7, 11) is 0. The van der Waals surface area contributed by atoms with E-state index in [2.05, 4.69) is 5.32 Å². The van der Waals surface area contributed by atoms with Gasteiger partial charge in [-0.25, -0.2) is 0 Å². The first-order chi connectivity index (χ1) is 13.1. The van der Waals surface area contributed by atoms with Crippen LogP contribution in [0.1, 0.15) is 37.3 Å². The van der Waals surface area contributed by atoms with Crippen molar-refractivity contribution in [3.8, 4) is 11.5 Å². The second-order valence-corrected chi connectivity index (χ2v) is 7.03. The maximum absolute atomic E-state index is 8.79. The number of rotatable bonds is 12. The van der Waals surface area contributed by atoms with Crippen LogP contribution in [0.5, 0.6) is 11.5 Å². The Morgan fingerprint density at radius 3 is 2.44 bits per heavy atom. The van der Waals surface area contributed by atoms with E-state index in [-0.39, 0.29) is 6.61 Å². The average Bonchev–Trinajstić information content (AvgIpc) is 2.67. The van der Waals surface area contributed by atoms with E-state index < -0.39 is 0 Å². The van der Waals surface area contributed by atoms with Gasteiger partial charge in [-0.15, -0.1) is 0 Å². The first kappa shape index (κ1) is 21.8. The van der Waals surface area contributed by atoms with Gasteiger partial charge in [-0.2, -0.15) is 0 Å². The summed E-state index contributed by atoms with van der Waals surface area (Å²) >= 11 is 12.0. The van der Waals surface area contributed by atoms with Gasteiger partial charge in [0.2, 0.25) is 0 Å². The number of halogens is 2. The molecule has 0 heterocycles. The molecule has 0 aliphatic heterocycles. The SMILES string of the molecule is CCOc1cc(CNCCCCCO)ccc1OCc1ccc(Cl)c(Cl)c1. The molecule has 0 spiro atoms. The molecule has 0 aliphatic rings. The van der Waals surface area contributed by atoms with Crippen molar-refractivity contribution in [1.29, 1.82) is 0 Å². The fraction of sp³-hybridized carbons (Fsp3) is 0.429. The zero-order valence-electron chi connectivity index (χ0n) is 15.6. The molecule has 4 nitrogen and oxygen atoms in total. The number of nitrogens with one attached hydrogen (secondary N) is 1. The summed E-state index contributed by atoms with van der Waals surface area (Å²) in [5.41, 5.74) is 2.09. The summed E-state index contributed by atoms with van der Waals surface area (Å²) in [5.74, 6) is 1.44. The minimum absolute atomic E-state index is 0.265. The third-order valence-electron chi connectivity index (χ3n) is 4.03. The van der Waals surface area contributed by atoms with Crippen LogP contribution in [0.15, 0.2) is 36.4 Å². The molecule has 0 aromatic heterocycles. The number of aliphatic hydroxyl groups excluding tert-OH is 1. The molecule has 148 valence electrons. The van der Waals surface area contributed by atoms with Gasteiger partial charge < -0.3 is 19.9 Å². The second-order valence-electron chi connectivity index (χ2n) is 6.21. The van der Waals surface area contributed by atoms with Gasteiger partial charge >= 0.3 is 0 Å². The molecule has 2 N–H and O–H groups in total. The molecule has 0 bridgehead atoms. The van der Waals surface area contributed by atoms with Crippen molar-refractivity contribution in [2.24, 2.45) is 0 Å². The van der Waals surface area contributed by atoms with Crippen LogP contribution in [-0.4, -0.2) is 24.9 Å². The van der Waals surface area contributed by atoms with Gasteiger partial charge in [-0.1, -0.05) is 35.3 Å². The molecule has 0 unspecified atom stereocenters. The fourth-order valence-electron chi connectivity index (χ4n) is 2.61. The molecule has 2 aromatic rings. The lowest BCUT2D eigenvalue weighted by molar-refractivity contribution is 0.269. The van der Waals surface area contributed by atoms with Gasteiger partial charge in [-0.05, 0) is 68.1 Å². The van der Waals surface area contributed by atoms with Crippen molar-refractivity contribution in [2.75, 3.05) is 19.8 Å². The van der Waals surface area contributed by atoms with Gasteiger partial charge in [-0.3, -0.25) is 0 Å². The van der Waals surface area contributed by atoms with Crippen molar-refractivity contribution >= 4 is 23.2 Å². The number of unbranched alkanes of at least 4 members (excludes halogenated alkanes) is 2. The molecule has 0 fully saturated rings. The van der Waals surface area contributed by atoms with Gasteiger partial charge in [0, 0.05) is 13.2 Å². The molecule has 6 heteroatoms. The van der Waals surface area contributed by atoms with Crippen LogP contribution in [0.4, 0.5) is 0 Å². The maximum Gasteiger partial charge on any atom is 0.161 e. The van der Waals surface area contributed by atoms with Crippen LogP contribution in [0.2, 0.25) is 10.0 Å². The van der Waals surface area contributed by atoms with E-state index in [0.29, 0.717) is 29.0 Å². The largest absolute Gasteiger partial charge is 0.490 e. The quantitative estimate of drug-likeness (QED) is 0.469. The number of ether oxygens (including phenoxy) is 2. The number of aliphatic hydroxyl groups is 1. The molecule has 0 amide bonds. The first-order valence-corrected chi connectivity index (χ1v) is 10.0. The Balaban J connectivity index is 1.92. The Morgan fingerprint density at radius 1 is 0.889 bits per heavy atom. The van der Waals surface area contributed by atoms with Crippen LogP contribution in [0, 0.1) is 0 Å². The van der Waals surface area contributed by atoms with E-state index in [1.807, 2.05) is 31.2 Å². The Kier molecular flexibility index (Phi) is 9.78. The van der Waals surface area contributed by atoms with Crippen LogP contribution >= 0.6 is 23.2 Å². The van der Waals surface area contributed by atoms with Gasteiger partial charge in [0.25, 0.3) is 0 Å². The number of hydrogen-bond acceptors (Lipinski definition) is 4. The summed E-state index contributed by atoms with van der Waals surface area (Å²) in [6, 6.07) is 11.4. The standard InChI is InChI=1S/C21H27Cl2NO3/c1-2-26-21-13-16(14-24-10-4-3-5-11-25)7-9-20(21)27-15-17-6-8-18(22)19(23)12-17/h6-9,12-13,24-25H,2-5,10-11,14-15H2,1H3. The highest BCUT2D eigenvalue weighted by atomic mass is 35.5. The predicted molar refractivity (Wildman–Crippen MR) is 111 cm³/mol. The molecule has 2 aromatic carbocycles. The average molecular weight is 412 g/mol. The van der Waals surface area contributed by atoms with Crippen LogP contribution in [0.25, 0.3) is 0 Å². The Morgan fingerprint density at radius 2 is 1.70 bits per heavy atom. The van der Waals surface area contributed by atoms with Crippen molar-refractivity contribution in [3.05, 3.63) is 57.6 Å². The lowest BCUT2D eigenvalue weighted by atomic mass is 10.2. The normalized spacial score (nSPS) is 10.8. The first-order valence-electron chi connectivity index (χ1n) is 9.28. The maximum atomic E-state index is 8.79. The summed E-state index contributed by atoms with van der Waals surface area (Å²) in [6.07, 6.45) is 2.96. The summed E-state index contributed by atoms with van der Waals surface area (Å²) < 4.78 is 11.7. The van der Waals surface area contributed by atoms with Crippen molar-refractivity contribution in [1.82, 2.24) is 5.32 Å². The van der Waals surface area contributed by atoms with E-state index in [4.69, 9.17) is 37.8 Å². The van der Waals surface area contributed by atoms with E-state index in [1.165, 1.54) is 0 Å². The number of hydrogen-bond donors (Lipinski definition) is 2. The topological polar surface area (TPSA) is 50.7 Å². The molecule has 0 saturated carbocycles. The second kappa shape index (κ2) is 12.1. The molecule has 0 aliphatic carbocycles. The molecule has 27 heavy (non-hydrogen) atoms. The van der Waals surface area contributed by atoms with Gasteiger partial charge in [0.15, 0.2) is 11.5 Å². The van der Waals surface area contributed by atoms with E-state index in [1.54, 1.807) is 12.1 Å². The third kappa shape index (κ3) is 7.59. The smallest absolute Gasteiger partial charge is 0.161 e. The van der Waals surface area contributed by atoms with Crippen molar-refractivity contribution in [3.63, 3.8) is 0 Å². The Hall–Kier alpha value is -1.46. The number of benzene rings is 2. The third-order valence-corrected chi connectivity index (χ3v) is 4.77. The zero-order valence-corrected chi connectivity index (χ0v) is 17.2. The molecule has 0 atom stereocenters. The summed E-state index contributed by atoms with van der Waals surface area (Å²) in [6.45, 7) is 4.88. The Labute approximate surface area is 171 Å². The Bertz CT molecular complexity index is 710. The van der Waals surface area contributed by atoms with Crippen molar-refractivity contribution < 1.29 is 14.6 Å². The summed E-state index contributed by atoms with van der Waals surface area (Å²) in [4.78, 5) is 0. The highest BCUT2D eigenvalue weighted by Gasteiger charge is 2.08. The van der Waals surface area contributed by atoms with Crippen molar-refractivity contribution in [2.45, 2.75) is 39.3 Å². The van der Waals surface area contributed by atoms with E-state index >= 15 is 0 Å². The lowest BCUT2D eigenvalue weighted by Crippen LogP contribution is -2.15. The van der Waals surface area contributed by atoms with E-state index in [0.717, 1.165) is 49.2 Å². The highest BCUT2D eigenvalue weighted by molar-refractivity contribution is 6.42. The summed E-state index contributed by atoms with van der Waals surface area (Å²) in [5, 5.41) is 13.3. The van der Waals surface area contributed by atoms with E-state index in [9.17, 15) is 0 Å². The molecular formula is C21H27Cl2NO3. The lowest BCUT2D eigenvalue weighted by Gasteiger charge is -2.14. The zero-order chi connectivity index (χ0) is 19.5. The fourth-order valence-corrected chi connectivity index (χ4v) is 2.93. The molecule has 2 rings (SSSR count). The predicted octanol–water partition coefficient (Wildman–Crippen LogP) is 5.22. The van der Waals surface area contributed by atoms with Crippen LogP contribution < -0.4 is 14.8 Å².